The summed E-state index contributed by atoms with van der Waals surface area (Å²) in [6.07, 6.45) is 3.46. The van der Waals surface area contributed by atoms with Crippen LogP contribution in [0.4, 0.5) is 0 Å². The maximum Gasteiger partial charge on any atom is 0.225 e. The zero-order valence-electron chi connectivity index (χ0n) is 6.46. The highest BCUT2D eigenvalue weighted by atomic mass is 35.5. The molecule has 3 heteroatoms. The SMILES string of the molecule is CN(C)C(=O)C1CCC1.Cl. The second-order valence-corrected chi connectivity index (χ2v) is 2.86. The molecule has 0 aromatic rings. The first-order valence-corrected chi connectivity index (χ1v) is 3.43. The Bertz CT molecular complexity index is 121. The fraction of sp³-hybridized carbons (Fsp3) is 0.857. The van der Waals surface area contributed by atoms with E-state index in [0.717, 1.165) is 12.8 Å². The topological polar surface area (TPSA) is 20.3 Å². The summed E-state index contributed by atoms with van der Waals surface area (Å²) in [4.78, 5) is 12.7. The van der Waals surface area contributed by atoms with Crippen molar-refractivity contribution in [1.29, 1.82) is 0 Å². The van der Waals surface area contributed by atoms with Crippen molar-refractivity contribution in [3.63, 3.8) is 0 Å². The predicted octanol–water partition coefficient (Wildman–Crippen LogP) is 1.30. The molecule has 0 N–H and O–H groups in total. The van der Waals surface area contributed by atoms with Gasteiger partial charge in [0, 0.05) is 20.0 Å². The minimum Gasteiger partial charge on any atom is -0.349 e. The third-order valence-corrected chi connectivity index (χ3v) is 1.90. The molecule has 0 heterocycles. The quantitative estimate of drug-likeness (QED) is 0.571. The van der Waals surface area contributed by atoms with Crippen molar-refractivity contribution < 1.29 is 4.79 Å². The fourth-order valence-electron chi connectivity index (χ4n) is 1.02. The molecule has 0 aromatic carbocycles. The molecule has 0 radical (unpaired) electrons. The van der Waals surface area contributed by atoms with Gasteiger partial charge in [0.2, 0.25) is 5.91 Å². The Morgan fingerprint density at radius 2 is 1.90 bits per heavy atom. The summed E-state index contributed by atoms with van der Waals surface area (Å²) in [5, 5.41) is 0. The molecule has 1 aliphatic rings. The van der Waals surface area contributed by atoms with Gasteiger partial charge in [0.25, 0.3) is 0 Å². The summed E-state index contributed by atoms with van der Waals surface area (Å²) in [7, 11) is 3.64. The maximum absolute atomic E-state index is 11.1. The summed E-state index contributed by atoms with van der Waals surface area (Å²) >= 11 is 0. The molecular weight excluding hydrogens is 150 g/mol. The molecule has 1 aliphatic carbocycles. The number of amides is 1. The van der Waals surface area contributed by atoms with Gasteiger partial charge in [0.05, 0.1) is 0 Å². The van der Waals surface area contributed by atoms with Gasteiger partial charge in [-0.1, -0.05) is 6.42 Å². The lowest BCUT2D eigenvalue weighted by Crippen LogP contribution is -2.33. The molecule has 10 heavy (non-hydrogen) atoms. The Labute approximate surface area is 68.0 Å². The Hall–Kier alpha value is -0.240. The lowest BCUT2D eigenvalue weighted by molar-refractivity contribution is -0.135. The Morgan fingerprint density at radius 1 is 1.40 bits per heavy atom. The van der Waals surface area contributed by atoms with Crippen LogP contribution in [-0.2, 0) is 4.79 Å². The highest BCUT2D eigenvalue weighted by Gasteiger charge is 2.25. The molecule has 1 rings (SSSR count). The normalized spacial score (nSPS) is 17.0. The number of hydrogen-bond donors (Lipinski definition) is 0. The monoisotopic (exact) mass is 163 g/mol. The first-order valence-electron chi connectivity index (χ1n) is 3.43. The lowest BCUT2D eigenvalue weighted by atomic mass is 9.84. The van der Waals surface area contributed by atoms with Crippen LogP contribution in [0.15, 0.2) is 0 Å². The van der Waals surface area contributed by atoms with Crippen molar-refractivity contribution in [2.24, 2.45) is 5.92 Å². The number of hydrogen-bond acceptors (Lipinski definition) is 1. The van der Waals surface area contributed by atoms with Gasteiger partial charge >= 0.3 is 0 Å². The van der Waals surface area contributed by atoms with Gasteiger partial charge in [-0.05, 0) is 12.8 Å². The zero-order chi connectivity index (χ0) is 6.85. The summed E-state index contributed by atoms with van der Waals surface area (Å²) < 4.78 is 0. The molecule has 0 bridgehead atoms. The molecular formula is C7H14ClNO. The van der Waals surface area contributed by atoms with Crippen LogP contribution in [0.25, 0.3) is 0 Å². The number of carbonyl (C=O) groups is 1. The van der Waals surface area contributed by atoms with Crippen molar-refractivity contribution >= 4 is 18.3 Å². The first-order chi connectivity index (χ1) is 4.22. The van der Waals surface area contributed by atoms with Gasteiger partial charge in [-0.25, -0.2) is 0 Å². The number of halogens is 1. The van der Waals surface area contributed by atoms with Gasteiger partial charge < -0.3 is 4.90 Å². The molecule has 1 saturated carbocycles. The molecule has 60 valence electrons. The summed E-state index contributed by atoms with van der Waals surface area (Å²) in [6.45, 7) is 0. The summed E-state index contributed by atoms with van der Waals surface area (Å²) in [6, 6.07) is 0. The van der Waals surface area contributed by atoms with Gasteiger partial charge in [0.15, 0.2) is 0 Å². The average Bonchev–Trinajstić information content (AvgIpc) is 1.60. The van der Waals surface area contributed by atoms with Crippen LogP contribution in [0.2, 0.25) is 0 Å². The smallest absolute Gasteiger partial charge is 0.225 e. The molecule has 0 aromatic heterocycles. The van der Waals surface area contributed by atoms with Crippen molar-refractivity contribution in [2.45, 2.75) is 19.3 Å². The Morgan fingerprint density at radius 3 is 2.00 bits per heavy atom. The van der Waals surface area contributed by atoms with Crippen LogP contribution in [0.1, 0.15) is 19.3 Å². The number of rotatable bonds is 1. The standard InChI is InChI=1S/C7H13NO.ClH/c1-8(2)7(9)6-4-3-5-6;/h6H,3-5H2,1-2H3;1H. The highest BCUT2D eigenvalue weighted by molar-refractivity contribution is 5.85. The largest absolute Gasteiger partial charge is 0.349 e. The minimum atomic E-state index is 0. The molecule has 0 spiro atoms. The molecule has 1 fully saturated rings. The van der Waals surface area contributed by atoms with E-state index >= 15 is 0 Å². The molecule has 1 amide bonds. The molecule has 2 nitrogen and oxygen atoms in total. The van der Waals surface area contributed by atoms with Gasteiger partial charge in [-0.15, -0.1) is 12.4 Å². The van der Waals surface area contributed by atoms with E-state index in [1.165, 1.54) is 6.42 Å². The van der Waals surface area contributed by atoms with Crippen molar-refractivity contribution in [2.75, 3.05) is 14.1 Å². The second-order valence-electron chi connectivity index (χ2n) is 2.86. The number of carbonyl (C=O) groups excluding carboxylic acids is 1. The van der Waals surface area contributed by atoms with E-state index in [0.29, 0.717) is 11.8 Å². The molecule has 0 saturated heterocycles. The number of nitrogens with zero attached hydrogens (tertiary/aromatic N) is 1. The zero-order valence-corrected chi connectivity index (χ0v) is 7.28. The Balaban J connectivity index is 0.000000810. The van der Waals surface area contributed by atoms with E-state index in [-0.39, 0.29) is 12.4 Å². The highest BCUT2D eigenvalue weighted by Crippen LogP contribution is 2.27. The van der Waals surface area contributed by atoms with Crippen LogP contribution in [0, 0.1) is 5.92 Å². The van der Waals surface area contributed by atoms with Crippen LogP contribution >= 0.6 is 12.4 Å². The third-order valence-electron chi connectivity index (χ3n) is 1.90. The maximum atomic E-state index is 11.1. The van der Waals surface area contributed by atoms with Gasteiger partial charge in [-0.2, -0.15) is 0 Å². The van der Waals surface area contributed by atoms with E-state index in [4.69, 9.17) is 0 Å². The average molecular weight is 164 g/mol. The molecule has 0 aliphatic heterocycles. The van der Waals surface area contributed by atoms with Crippen LogP contribution in [0.5, 0.6) is 0 Å². The fourth-order valence-corrected chi connectivity index (χ4v) is 1.02. The van der Waals surface area contributed by atoms with E-state index in [1.807, 2.05) is 14.1 Å². The van der Waals surface area contributed by atoms with Crippen molar-refractivity contribution in [3.8, 4) is 0 Å². The van der Waals surface area contributed by atoms with Crippen molar-refractivity contribution in [3.05, 3.63) is 0 Å². The van der Waals surface area contributed by atoms with E-state index in [9.17, 15) is 4.79 Å². The van der Waals surface area contributed by atoms with E-state index in [2.05, 4.69) is 0 Å². The van der Waals surface area contributed by atoms with Gasteiger partial charge in [-0.3, -0.25) is 4.79 Å². The summed E-state index contributed by atoms with van der Waals surface area (Å²) in [5.74, 6) is 0.668. The van der Waals surface area contributed by atoms with Gasteiger partial charge in [0.1, 0.15) is 0 Å². The predicted molar refractivity (Wildman–Crippen MR) is 43.3 cm³/mol. The van der Waals surface area contributed by atoms with Crippen molar-refractivity contribution in [1.82, 2.24) is 4.90 Å². The van der Waals surface area contributed by atoms with Crippen LogP contribution in [0.3, 0.4) is 0 Å². The summed E-state index contributed by atoms with van der Waals surface area (Å²) in [5.41, 5.74) is 0. The van der Waals surface area contributed by atoms with Crippen LogP contribution in [-0.4, -0.2) is 24.9 Å². The minimum absolute atomic E-state index is 0. The first kappa shape index (κ1) is 9.76. The van der Waals surface area contributed by atoms with E-state index in [1.54, 1.807) is 4.90 Å². The molecule has 0 unspecified atom stereocenters. The Kier molecular flexibility index (Phi) is 3.72. The van der Waals surface area contributed by atoms with E-state index < -0.39 is 0 Å². The second kappa shape index (κ2) is 3.81. The lowest BCUT2D eigenvalue weighted by Gasteiger charge is -2.26. The third kappa shape index (κ3) is 1.87. The van der Waals surface area contributed by atoms with Crippen LogP contribution < -0.4 is 0 Å². The molecule has 0 atom stereocenters.